The monoisotopic (exact) mass is 262 g/mol. The van der Waals surface area contributed by atoms with Crippen molar-refractivity contribution >= 4 is 11.6 Å². The fourth-order valence-electron chi connectivity index (χ4n) is 1.96. The molecule has 0 aromatic heterocycles. The third-order valence-electron chi connectivity index (χ3n) is 2.84. The van der Waals surface area contributed by atoms with Gasteiger partial charge in [-0.25, -0.2) is 0 Å². The molecule has 0 saturated carbocycles. The van der Waals surface area contributed by atoms with Crippen molar-refractivity contribution in [3.05, 3.63) is 64.7 Å². The third kappa shape index (κ3) is 2.84. The van der Waals surface area contributed by atoms with Crippen molar-refractivity contribution < 1.29 is 9.84 Å². The lowest BCUT2D eigenvalue weighted by atomic mass is 10.0. The van der Waals surface area contributed by atoms with Crippen LogP contribution in [0.4, 0.5) is 0 Å². The zero-order valence-electron chi connectivity index (χ0n) is 10.1. The Balaban J connectivity index is 2.26. The van der Waals surface area contributed by atoms with Crippen LogP contribution in [0, 0.1) is 0 Å². The summed E-state index contributed by atoms with van der Waals surface area (Å²) < 4.78 is 5.24. The van der Waals surface area contributed by atoms with Gasteiger partial charge in [-0.3, -0.25) is 0 Å². The predicted octanol–water partition coefficient (Wildman–Crippen LogP) is 3.62. The van der Waals surface area contributed by atoms with Crippen molar-refractivity contribution in [1.29, 1.82) is 0 Å². The average molecular weight is 263 g/mol. The van der Waals surface area contributed by atoms with E-state index in [0.717, 1.165) is 5.56 Å². The highest BCUT2D eigenvalue weighted by atomic mass is 35.5. The van der Waals surface area contributed by atoms with Gasteiger partial charge in [0.05, 0.1) is 18.2 Å². The Bertz CT molecular complexity index is 511. The fourth-order valence-corrected chi connectivity index (χ4v) is 2.25. The average Bonchev–Trinajstić information content (AvgIpc) is 2.39. The Labute approximate surface area is 112 Å². The van der Waals surface area contributed by atoms with Crippen LogP contribution in [-0.4, -0.2) is 12.2 Å². The minimum Gasteiger partial charge on any atom is -0.496 e. The smallest absolute Gasteiger partial charge is 0.126 e. The maximum Gasteiger partial charge on any atom is 0.126 e. The van der Waals surface area contributed by atoms with E-state index in [1.165, 1.54) is 0 Å². The molecule has 0 fully saturated rings. The van der Waals surface area contributed by atoms with Crippen LogP contribution in [0.25, 0.3) is 0 Å². The van der Waals surface area contributed by atoms with Crippen LogP contribution in [-0.2, 0) is 6.42 Å². The van der Waals surface area contributed by atoms with Gasteiger partial charge >= 0.3 is 0 Å². The second-order valence-electron chi connectivity index (χ2n) is 4.06. The van der Waals surface area contributed by atoms with Crippen LogP contribution < -0.4 is 4.74 Å². The van der Waals surface area contributed by atoms with Gasteiger partial charge in [0.15, 0.2) is 0 Å². The number of hydrogen-bond donors (Lipinski definition) is 1. The maximum absolute atomic E-state index is 10.3. The minimum absolute atomic E-state index is 0.515. The first kappa shape index (κ1) is 12.9. The summed E-state index contributed by atoms with van der Waals surface area (Å²) in [5.41, 5.74) is 1.71. The highest BCUT2D eigenvalue weighted by Gasteiger charge is 2.17. The molecule has 0 aliphatic heterocycles. The van der Waals surface area contributed by atoms with Crippen LogP contribution in [0.1, 0.15) is 17.2 Å². The molecule has 0 heterocycles. The van der Waals surface area contributed by atoms with Crippen LogP contribution in [0.5, 0.6) is 5.75 Å². The zero-order valence-corrected chi connectivity index (χ0v) is 10.9. The molecule has 2 nitrogen and oxygen atoms in total. The Morgan fingerprint density at radius 1 is 1.11 bits per heavy atom. The molecule has 0 saturated heterocycles. The molecular weight excluding hydrogens is 248 g/mol. The number of rotatable bonds is 4. The molecule has 1 N–H and O–H groups in total. The van der Waals surface area contributed by atoms with E-state index in [1.54, 1.807) is 25.3 Å². The second kappa shape index (κ2) is 5.89. The Morgan fingerprint density at radius 2 is 1.83 bits per heavy atom. The SMILES string of the molecule is COc1cccc(Cl)c1C(O)Cc1ccccc1. The Hall–Kier alpha value is -1.51. The van der Waals surface area contributed by atoms with E-state index < -0.39 is 6.10 Å². The molecule has 94 valence electrons. The van der Waals surface area contributed by atoms with E-state index >= 15 is 0 Å². The summed E-state index contributed by atoms with van der Waals surface area (Å²) >= 11 is 6.13. The fraction of sp³-hybridized carbons (Fsp3) is 0.200. The largest absolute Gasteiger partial charge is 0.496 e. The quantitative estimate of drug-likeness (QED) is 0.912. The highest BCUT2D eigenvalue weighted by molar-refractivity contribution is 6.31. The second-order valence-corrected chi connectivity index (χ2v) is 4.47. The summed E-state index contributed by atoms with van der Waals surface area (Å²) in [4.78, 5) is 0. The summed E-state index contributed by atoms with van der Waals surface area (Å²) in [6.45, 7) is 0. The van der Waals surface area contributed by atoms with Crippen molar-refractivity contribution in [3.63, 3.8) is 0 Å². The maximum atomic E-state index is 10.3. The number of methoxy groups -OCH3 is 1. The van der Waals surface area contributed by atoms with Gasteiger partial charge in [-0.2, -0.15) is 0 Å². The molecule has 2 aromatic rings. The molecule has 1 atom stereocenters. The van der Waals surface area contributed by atoms with Gasteiger partial charge in [-0.15, -0.1) is 0 Å². The van der Waals surface area contributed by atoms with Gasteiger partial charge in [-0.05, 0) is 17.7 Å². The van der Waals surface area contributed by atoms with Gasteiger partial charge in [0, 0.05) is 12.0 Å². The van der Waals surface area contributed by atoms with E-state index in [9.17, 15) is 5.11 Å². The van der Waals surface area contributed by atoms with Crippen LogP contribution in [0.2, 0.25) is 5.02 Å². The molecule has 0 spiro atoms. The number of halogens is 1. The number of benzene rings is 2. The summed E-state index contributed by atoms with van der Waals surface area (Å²) in [7, 11) is 1.57. The van der Waals surface area contributed by atoms with Crippen molar-refractivity contribution in [1.82, 2.24) is 0 Å². The lowest BCUT2D eigenvalue weighted by Crippen LogP contribution is -2.05. The lowest BCUT2D eigenvalue weighted by molar-refractivity contribution is 0.174. The van der Waals surface area contributed by atoms with E-state index in [4.69, 9.17) is 16.3 Å². The van der Waals surface area contributed by atoms with Gasteiger partial charge < -0.3 is 9.84 Å². The minimum atomic E-state index is -0.670. The topological polar surface area (TPSA) is 29.5 Å². The first-order valence-corrected chi connectivity index (χ1v) is 6.14. The van der Waals surface area contributed by atoms with E-state index in [1.807, 2.05) is 30.3 Å². The summed E-state index contributed by atoms with van der Waals surface area (Å²) in [5, 5.41) is 10.8. The molecular formula is C15H15ClO2. The summed E-state index contributed by atoms with van der Waals surface area (Å²) in [5.74, 6) is 0.617. The van der Waals surface area contributed by atoms with Crippen LogP contribution >= 0.6 is 11.6 Å². The van der Waals surface area contributed by atoms with Gasteiger partial charge in [-0.1, -0.05) is 48.0 Å². The molecule has 18 heavy (non-hydrogen) atoms. The summed E-state index contributed by atoms with van der Waals surface area (Å²) in [6.07, 6.45) is -0.156. The van der Waals surface area contributed by atoms with Gasteiger partial charge in [0.1, 0.15) is 5.75 Å². The van der Waals surface area contributed by atoms with Gasteiger partial charge in [0.2, 0.25) is 0 Å². The standard InChI is InChI=1S/C15H15ClO2/c1-18-14-9-5-8-12(16)15(14)13(17)10-11-6-3-2-4-7-11/h2-9,13,17H,10H2,1H3. The Kier molecular flexibility index (Phi) is 4.24. The summed E-state index contributed by atoms with van der Waals surface area (Å²) in [6, 6.07) is 15.2. The number of hydrogen-bond acceptors (Lipinski definition) is 2. The van der Waals surface area contributed by atoms with Crippen molar-refractivity contribution in [3.8, 4) is 5.75 Å². The Morgan fingerprint density at radius 3 is 2.50 bits per heavy atom. The van der Waals surface area contributed by atoms with E-state index in [-0.39, 0.29) is 0 Å². The molecule has 3 heteroatoms. The number of aliphatic hydroxyl groups is 1. The highest BCUT2D eigenvalue weighted by Crippen LogP contribution is 2.33. The predicted molar refractivity (Wildman–Crippen MR) is 73.1 cm³/mol. The first-order valence-electron chi connectivity index (χ1n) is 5.76. The van der Waals surface area contributed by atoms with Crippen molar-refractivity contribution in [2.24, 2.45) is 0 Å². The van der Waals surface area contributed by atoms with Gasteiger partial charge in [0.25, 0.3) is 0 Å². The molecule has 0 aliphatic carbocycles. The molecule has 0 radical (unpaired) electrons. The number of aliphatic hydroxyl groups excluding tert-OH is 1. The third-order valence-corrected chi connectivity index (χ3v) is 3.17. The first-order chi connectivity index (χ1) is 8.72. The molecule has 0 bridgehead atoms. The lowest BCUT2D eigenvalue weighted by Gasteiger charge is -2.16. The molecule has 1 unspecified atom stereocenters. The zero-order chi connectivity index (χ0) is 13.0. The molecule has 0 aliphatic rings. The van der Waals surface area contributed by atoms with Crippen LogP contribution in [0.15, 0.2) is 48.5 Å². The van der Waals surface area contributed by atoms with Crippen molar-refractivity contribution in [2.45, 2.75) is 12.5 Å². The van der Waals surface area contributed by atoms with E-state index in [2.05, 4.69) is 0 Å². The van der Waals surface area contributed by atoms with E-state index in [0.29, 0.717) is 22.8 Å². The van der Waals surface area contributed by atoms with Crippen LogP contribution in [0.3, 0.4) is 0 Å². The molecule has 2 aromatic carbocycles. The number of ether oxygens (including phenoxy) is 1. The van der Waals surface area contributed by atoms with Crippen molar-refractivity contribution in [2.75, 3.05) is 7.11 Å². The normalized spacial score (nSPS) is 12.2. The molecule has 0 amide bonds. The molecule has 2 rings (SSSR count).